The number of hydrogen-bond acceptors (Lipinski definition) is 3. The number of halogens is 1. The molecule has 0 spiro atoms. The van der Waals surface area contributed by atoms with E-state index < -0.39 is 5.54 Å². The van der Waals surface area contributed by atoms with Gasteiger partial charge in [-0.2, -0.15) is 5.10 Å². The van der Waals surface area contributed by atoms with E-state index in [0.29, 0.717) is 16.7 Å². The van der Waals surface area contributed by atoms with Crippen molar-refractivity contribution in [2.45, 2.75) is 32.4 Å². The highest BCUT2D eigenvalue weighted by Gasteiger charge is 2.34. The lowest BCUT2D eigenvalue weighted by Gasteiger charge is -2.24. The predicted octanol–water partition coefficient (Wildman–Crippen LogP) is 3.11. The number of carbonyl (C=O) groups is 1. The van der Waals surface area contributed by atoms with Crippen LogP contribution >= 0.6 is 15.9 Å². The number of ketones is 1. The number of aromatic nitrogens is 2. The maximum absolute atomic E-state index is 12.8. The Morgan fingerprint density at radius 2 is 2.05 bits per heavy atom. The minimum Gasteiger partial charge on any atom is -0.315 e. The highest BCUT2D eigenvalue weighted by atomic mass is 79.9. The van der Waals surface area contributed by atoms with Crippen LogP contribution in [0.1, 0.15) is 36.3 Å². The number of Topliss-reactive ketones (excluding diaryl/α,β-unsaturated/α-hetero) is 1. The van der Waals surface area contributed by atoms with Crippen LogP contribution in [0.4, 0.5) is 0 Å². The molecule has 0 bridgehead atoms. The van der Waals surface area contributed by atoms with E-state index in [1.54, 1.807) is 17.8 Å². The molecule has 5 heteroatoms. The van der Waals surface area contributed by atoms with Gasteiger partial charge in [-0.15, -0.1) is 0 Å². The Hall–Kier alpha value is -1.46. The van der Waals surface area contributed by atoms with Gasteiger partial charge in [-0.25, -0.2) is 0 Å². The first-order valence-electron chi connectivity index (χ1n) is 6.59. The van der Waals surface area contributed by atoms with Gasteiger partial charge in [0.2, 0.25) is 5.78 Å². The Labute approximate surface area is 127 Å². The summed E-state index contributed by atoms with van der Waals surface area (Å²) in [6.45, 7) is 4.47. The lowest BCUT2D eigenvalue weighted by atomic mass is 9.87. The van der Waals surface area contributed by atoms with Crippen LogP contribution in [-0.4, -0.2) is 15.6 Å². The first-order valence-corrected chi connectivity index (χ1v) is 7.38. The van der Waals surface area contributed by atoms with E-state index in [4.69, 9.17) is 5.73 Å². The second-order valence-corrected chi connectivity index (χ2v) is 5.82. The van der Waals surface area contributed by atoms with Gasteiger partial charge in [0, 0.05) is 6.54 Å². The van der Waals surface area contributed by atoms with Crippen LogP contribution in [0.5, 0.6) is 0 Å². The SMILES string of the molecule is CCCn1ncc(Br)c1C(=O)C(C)(N)c1ccccc1. The zero-order valence-corrected chi connectivity index (χ0v) is 13.2. The summed E-state index contributed by atoms with van der Waals surface area (Å²) in [4.78, 5) is 12.8. The fourth-order valence-electron chi connectivity index (χ4n) is 2.13. The van der Waals surface area contributed by atoms with Crippen molar-refractivity contribution < 1.29 is 4.79 Å². The maximum Gasteiger partial charge on any atom is 0.205 e. The number of nitrogens with two attached hydrogens (primary N) is 1. The van der Waals surface area contributed by atoms with Gasteiger partial charge in [-0.1, -0.05) is 37.3 Å². The predicted molar refractivity (Wildman–Crippen MR) is 82.5 cm³/mol. The van der Waals surface area contributed by atoms with Crippen molar-refractivity contribution in [1.29, 1.82) is 0 Å². The molecule has 0 fully saturated rings. The summed E-state index contributed by atoms with van der Waals surface area (Å²) in [5, 5.41) is 4.23. The summed E-state index contributed by atoms with van der Waals surface area (Å²) in [5.74, 6) is -0.137. The third-order valence-electron chi connectivity index (χ3n) is 3.29. The lowest BCUT2D eigenvalue weighted by molar-refractivity contribution is 0.0887. The molecule has 4 nitrogen and oxygen atoms in total. The molecule has 2 rings (SSSR count). The van der Waals surface area contributed by atoms with Gasteiger partial charge < -0.3 is 5.73 Å². The number of hydrogen-bond donors (Lipinski definition) is 1. The fourth-order valence-corrected chi connectivity index (χ4v) is 2.61. The molecule has 1 atom stereocenters. The molecule has 0 aliphatic carbocycles. The number of aryl methyl sites for hydroxylation is 1. The van der Waals surface area contributed by atoms with Gasteiger partial charge in [0.1, 0.15) is 11.2 Å². The number of benzene rings is 1. The number of nitrogens with zero attached hydrogens (tertiary/aromatic N) is 2. The fraction of sp³-hybridized carbons (Fsp3) is 0.333. The third-order valence-corrected chi connectivity index (χ3v) is 3.87. The van der Waals surface area contributed by atoms with Gasteiger partial charge >= 0.3 is 0 Å². The summed E-state index contributed by atoms with van der Waals surface area (Å²) in [6, 6.07) is 9.40. The summed E-state index contributed by atoms with van der Waals surface area (Å²) in [7, 11) is 0. The molecule has 106 valence electrons. The molecule has 0 radical (unpaired) electrons. The van der Waals surface area contributed by atoms with E-state index in [0.717, 1.165) is 12.0 Å². The minimum absolute atomic E-state index is 0.137. The van der Waals surface area contributed by atoms with Crippen molar-refractivity contribution >= 4 is 21.7 Å². The molecule has 0 aliphatic heterocycles. The molecule has 2 aromatic rings. The number of rotatable bonds is 5. The zero-order valence-electron chi connectivity index (χ0n) is 11.6. The summed E-state index contributed by atoms with van der Waals surface area (Å²) < 4.78 is 2.39. The van der Waals surface area contributed by atoms with Gasteiger partial charge in [0.05, 0.1) is 10.7 Å². The van der Waals surface area contributed by atoms with Gasteiger partial charge in [-0.3, -0.25) is 9.48 Å². The quantitative estimate of drug-likeness (QED) is 0.854. The van der Waals surface area contributed by atoms with Gasteiger partial charge in [-0.05, 0) is 34.8 Å². The van der Waals surface area contributed by atoms with E-state index in [9.17, 15) is 4.79 Å². The van der Waals surface area contributed by atoms with Crippen LogP contribution in [0.3, 0.4) is 0 Å². The Morgan fingerprint density at radius 3 is 2.65 bits per heavy atom. The van der Waals surface area contributed by atoms with Crippen molar-refractivity contribution in [1.82, 2.24) is 9.78 Å². The standard InChI is InChI=1S/C15H18BrN3O/c1-3-9-19-13(12(16)10-18-19)14(20)15(2,17)11-7-5-4-6-8-11/h4-8,10H,3,9,17H2,1-2H3. The maximum atomic E-state index is 12.8. The van der Waals surface area contributed by atoms with Crippen LogP contribution in [-0.2, 0) is 12.1 Å². The highest BCUT2D eigenvalue weighted by molar-refractivity contribution is 9.10. The molecule has 0 saturated carbocycles. The van der Waals surface area contributed by atoms with Crippen molar-refractivity contribution in [3.63, 3.8) is 0 Å². The highest BCUT2D eigenvalue weighted by Crippen LogP contribution is 2.27. The van der Waals surface area contributed by atoms with Crippen LogP contribution in [0.2, 0.25) is 0 Å². The summed E-state index contributed by atoms with van der Waals surface area (Å²) in [5.41, 5.74) is 6.54. The molecule has 0 amide bonds. The first kappa shape index (κ1) is 14.9. The van der Waals surface area contributed by atoms with E-state index in [1.165, 1.54) is 0 Å². The Balaban J connectivity index is 2.43. The molecule has 1 heterocycles. The average molecular weight is 336 g/mol. The normalized spacial score (nSPS) is 14.0. The smallest absolute Gasteiger partial charge is 0.205 e. The molecule has 1 aromatic heterocycles. The van der Waals surface area contributed by atoms with Crippen molar-refractivity contribution in [2.75, 3.05) is 0 Å². The monoisotopic (exact) mass is 335 g/mol. The molecule has 20 heavy (non-hydrogen) atoms. The van der Waals surface area contributed by atoms with E-state index in [1.807, 2.05) is 37.3 Å². The second kappa shape index (κ2) is 5.89. The molecule has 2 N–H and O–H groups in total. The summed E-state index contributed by atoms with van der Waals surface area (Å²) in [6.07, 6.45) is 2.55. The Morgan fingerprint density at radius 1 is 1.40 bits per heavy atom. The largest absolute Gasteiger partial charge is 0.315 e. The van der Waals surface area contributed by atoms with Crippen molar-refractivity contribution in [3.05, 3.63) is 52.3 Å². The van der Waals surface area contributed by atoms with E-state index in [2.05, 4.69) is 21.0 Å². The van der Waals surface area contributed by atoms with Gasteiger partial charge in [0.25, 0.3) is 0 Å². The Kier molecular flexibility index (Phi) is 4.40. The zero-order chi connectivity index (χ0) is 14.8. The van der Waals surface area contributed by atoms with Crippen LogP contribution in [0, 0.1) is 0 Å². The van der Waals surface area contributed by atoms with Crippen LogP contribution < -0.4 is 5.73 Å². The molecule has 0 aliphatic rings. The third kappa shape index (κ3) is 2.69. The molecular formula is C15H18BrN3O. The van der Waals surface area contributed by atoms with Crippen LogP contribution in [0.15, 0.2) is 41.0 Å². The first-order chi connectivity index (χ1) is 9.48. The van der Waals surface area contributed by atoms with E-state index in [-0.39, 0.29) is 5.78 Å². The molecule has 1 aromatic carbocycles. The second-order valence-electron chi connectivity index (χ2n) is 4.96. The molecular weight excluding hydrogens is 318 g/mol. The van der Waals surface area contributed by atoms with E-state index >= 15 is 0 Å². The Bertz CT molecular complexity index is 605. The van der Waals surface area contributed by atoms with Crippen LogP contribution in [0.25, 0.3) is 0 Å². The van der Waals surface area contributed by atoms with Gasteiger partial charge in [0.15, 0.2) is 0 Å². The lowest BCUT2D eigenvalue weighted by Crippen LogP contribution is -2.43. The average Bonchev–Trinajstić information content (AvgIpc) is 2.80. The molecule has 1 unspecified atom stereocenters. The van der Waals surface area contributed by atoms with Crippen molar-refractivity contribution in [2.24, 2.45) is 5.73 Å². The summed E-state index contributed by atoms with van der Waals surface area (Å²) >= 11 is 3.39. The number of carbonyl (C=O) groups excluding carboxylic acids is 1. The topological polar surface area (TPSA) is 60.9 Å². The molecule has 0 saturated heterocycles. The minimum atomic E-state index is -1.07. The van der Waals surface area contributed by atoms with Crippen molar-refractivity contribution in [3.8, 4) is 0 Å².